The van der Waals surface area contributed by atoms with Crippen LogP contribution in [-0.4, -0.2) is 73.6 Å². The van der Waals surface area contributed by atoms with E-state index in [9.17, 15) is 9.59 Å². The van der Waals surface area contributed by atoms with Crippen molar-refractivity contribution in [2.75, 3.05) is 44.9 Å². The van der Waals surface area contributed by atoms with Crippen molar-refractivity contribution in [2.24, 2.45) is 0 Å². The number of morpholine rings is 1. The highest BCUT2D eigenvalue weighted by molar-refractivity contribution is 6.05. The molecule has 0 N–H and O–H groups in total. The lowest BCUT2D eigenvalue weighted by Crippen LogP contribution is -2.52. The Morgan fingerprint density at radius 1 is 1.15 bits per heavy atom. The molecule has 2 aliphatic rings. The van der Waals surface area contributed by atoms with Crippen molar-refractivity contribution < 1.29 is 33.3 Å². The van der Waals surface area contributed by atoms with Crippen molar-refractivity contribution in [1.29, 1.82) is 0 Å². The number of para-hydroxylation sites is 1. The topological polar surface area (TPSA) is 99.7 Å². The van der Waals surface area contributed by atoms with Crippen LogP contribution < -0.4 is 19.1 Å². The van der Waals surface area contributed by atoms with Gasteiger partial charge in [-0.2, -0.15) is 0 Å². The van der Waals surface area contributed by atoms with Gasteiger partial charge in [0.1, 0.15) is 18.8 Å². The highest BCUT2D eigenvalue weighted by atomic mass is 16.6. The Morgan fingerprint density at radius 2 is 1.94 bits per heavy atom. The van der Waals surface area contributed by atoms with E-state index in [-0.39, 0.29) is 19.1 Å². The van der Waals surface area contributed by atoms with Crippen LogP contribution in [-0.2, 0) is 14.3 Å². The minimum Gasteiger partial charge on any atom is -0.486 e. The third kappa shape index (κ3) is 5.17. The Hall–Kier alpha value is -3.53. The zero-order valence-corrected chi connectivity index (χ0v) is 19.8. The SMILES string of the molecule is COc1cc(N(C(=O)C2CN(C(=O)OC(C)(C)C)CCO2)c2cccc3c2OCCO3)ccn1. The van der Waals surface area contributed by atoms with Crippen molar-refractivity contribution in [3.63, 3.8) is 0 Å². The number of pyridine rings is 1. The molecule has 0 radical (unpaired) electrons. The Kier molecular flexibility index (Phi) is 6.78. The summed E-state index contributed by atoms with van der Waals surface area (Å²) >= 11 is 0. The van der Waals surface area contributed by atoms with Crippen molar-refractivity contribution in [1.82, 2.24) is 9.88 Å². The molecule has 0 aliphatic carbocycles. The number of ether oxygens (including phenoxy) is 5. The number of fused-ring (bicyclic) bond motifs is 1. The fraction of sp³-hybridized carbons (Fsp3) is 0.458. The Morgan fingerprint density at radius 3 is 2.71 bits per heavy atom. The number of amides is 2. The van der Waals surface area contributed by atoms with Crippen LogP contribution in [0.3, 0.4) is 0 Å². The van der Waals surface area contributed by atoms with Crippen LogP contribution in [0.25, 0.3) is 0 Å². The smallest absolute Gasteiger partial charge is 0.410 e. The van der Waals surface area contributed by atoms with Gasteiger partial charge >= 0.3 is 6.09 Å². The lowest BCUT2D eigenvalue weighted by Gasteiger charge is -2.36. The molecule has 2 aromatic rings. The molecule has 3 heterocycles. The number of hydrogen-bond donors (Lipinski definition) is 0. The molecule has 1 unspecified atom stereocenters. The fourth-order valence-electron chi connectivity index (χ4n) is 3.70. The maximum atomic E-state index is 13.9. The number of carbonyl (C=O) groups excluding carboxylic acids is 2. The van der Waals surface area contributed by atoms with E-state index in [1.54, 1.807) is 57.3 Å². The molecule has 2 aliphatic heterocycles. The number of rotatable bonds is 4. The molecule has 0 saturated carbocycles. The minimum atomic E-state index is -0.916. The lowest BCUT2D eigenvalue weighted by atomic mass is 10.1. The van der Waals surface area contributed by atoms with Gasteiger partial charge in [0.2, 0.25) is 5.88 Å². The zero-order valence-electron chi connectivity index (χ0n) is 19.8. The van der Waals surface area contributed by atoms with E-state index in [1.807, 2.05) is 0 Å². The predicted molar refractivity (Wildman–Crippen MR) is 123 cm³/mol. The third-order valence-electron chi connectivity index (χ3n) is 5.19. The van der Waals surface area contributed by atoms with Crippen LogP contribution in [0.4, 0.5) is 16.2 Å². The summed E-state index contributed by atoms with van der Waals surface area (Å²) in [6, 6.07) is 8.69. The molecule has 2 amide bonds. The van der Waals surface area contributed by atoms with Gasteiger partial charge in [0, 0.05) is 18.8 Å². The zero-order chi connectivity index (χ0) is 24.3. The third-order valence-corrected chi connectivity index (χ3v) is 5.19. The molecule has 182 valence electrons. The summed E-state index contributed by atoms with van der Waals surface area (Å²) in [6.07, 6.45) is 0.149. The minimum absolute atomic E-state index is 0.0544. The van der Waals surface area contributed by atoms with Crippen LogP contribution in [0.2, 0.25) is 0 Å². The molecule has 1 aromatic carbocycles. The van der Waals surface area contributed by atoms with E-state index in [2.05, 4.69) is 4.98 Å². The largest absolute Gasteiger partial charge is 0.486 e. The quantitative estimate of drug-likeness (QED) is 0.671. The average Bonchev–Trinajstić information content (AvgIpc) is 2.83. The second-order valence-corrected chi connectivity index (χ2v) is 8.82. The molecule has 1 atom stereocenters. The van der Waals surface area contributed by atoms with Crippen LogP contribution in [0.1, 0.15) is 20.8 Å². The number of anilines is 2. The summed E-state index contributed by atoms with van der Waals surface area (Å²) in [5.41, 5.74) is 0.362. The number of nitrogens with zero attached hydrogens (tertiary/aromatic N) is 3. The van der Waals surface area contributed by atoms with E-state index >= 15 is 0 Å². The van der Waals surface area contributed by atoms with Gasteiger partial charge in [0.15, 0.2) is 17.6 Å². The monoisotopic (exact) mass is 471 g/mol. The normalized spacial score (nSPS) is 17.6. The average molecular weight is 472 g/mol. The fourth-order valence-corrected chi connectivity index (χ4v) is 3.70. The van der Waals surface area contributed by atoms with E-state index in [0.29, 0.717) is 48.5 Å². The summed E-state index contributed by atoms with van der Waals surface area (Å²) < 4.78 is 28.2. The molecule has 0 spiro atoms. The van der Waals surface area contributed by atoms with Gasteiger partial charge in [-0.15, -0.1) is 0 Å². The van der Waals surface area contributed by atoms with E-state index in [0.717, 1.165) is 0 Å². The Balaban J connectivity index is 1.68. The summed E-state index contributed by atoms with van der Waals surface area (Å²) in [5, 5.41) is 0. The molecule has 1 fully saturated rings. The number of aromatic nitrogens is 1. The van der Waals surface area contributed by atoms with Gasteiger partial charge < -0.3 is 28.6 Å². The molecule has 4 rings (SSSR count). The van der Waals surface area contributed by atoms with Gasteiger partial charge in [-0.25, -0.2) is 9.78 Å². The van der Waals surface area contributed by atoms with E-state index < -0.39 is 17.8 Å². The number of methoxy groups -OCH3 is 1. The maximum Gasteiger partial charge on any atom is 0.410 e. The summed E-state index contributed by atoms with van der Waals surface area (Å²) in [4.78, 5) is 33.7. The first-order chi connectivity index (χ1) is 16.3. The first kappa shape index (κ1) is 23.6. The van der Waals surface area contributed by atoms with E-state index in [4.69, 9.17) is 23.7 Å². The van der Waals surface area contributed by atoms with Crippen molar-refractivity contribution in [3.8, 4) is 17.4 Å². The lowest BCUT2D eigenvalue weighted by molar-refractivity contribution is -0.134. The molecule has 1 saturated heterocycles. The molecular formula is C24H29N3O7. The first-order valence-corrected chi connectivity index (χ1v) is 11.1. The van der Waals surface area contributed by atoms with Crippen LogP contribution in [0.15, 0.2) is 36.5 Å². The van der Waals surface area contributed by atoms with Crippen molar-refractivity contribution in [2.45, 2.75) is 32.5 Å². The standard InChI is InChI=1S/C24H29N3O7/c1-24(2,3)34-23(29)26-10-11-31-19(15-26)22(28)27(16-8-9-25-20(14-16)30-4)17-6-5-7-18-21(17)33-13-12-32-18/h5-9,14,19H,10-13,15H2,1-4H3. The molecular weight excluding hydrogens is 442 g/mol. The second-order valence-electron chi connectivity index (χ2n) is 8.82. The number of benzene rings is 1. The van der Waals surface area contributed by atoms with Crippen molar-refractivity contribution >= 4 is 23.4 Å². The van der Waals surface area contributed by atoms with E-state index in [1.165, 1.54) is 16.9 Å². The molecule has 10 heteroatoms. The highest BCUT2D eigenvalue weighted by Crippen LogP contribution is 2.43. The predicted octanol–water partition coefficient (Wildman–Crippen LogP) is 3.16. The van der Waals surface area contributed by atoms with Crippen LogP contribution in [0.5, 0.6) is 17.4 Å². The molecule has 0 bridgehead atoms. The number of hydrogen-bond acceptors (Lipinski definition) is 8. The molecule has 10 nitrogen and oxygen atoms in total. The Bertz CT molecular complexity index is 1050. The maximum absolute atomic E-state index is 13.9. The molecule has 1 aromatic heterocycles. The van der Waals surface area contributed by atoms with Crippen LogP contribution >= 0.6 is 0 Å². The summed E-state index contributed by atoms with van der Waals surface area (Å²) in [5.74, 6) is 0.974. The van der Waals surface area contributed by atoms with Gasteiger partial charge in [-0.05, 0) is 39.0 Å². The molecule has 34 heavy (non-hydrogen) atoms. The Labute approximate surface area is 198 Å². The first-order valence-electron chi connectivity index (χ1n) is 11.1. The number of carbonyl (C=O) groups is 2. The second kappa shape index (κ2) is 9.76. The van der Waals surface area contributed by atoms with Gasteiger partial charge in [-0.1, -0.05) is 6.07 Å². The van der Waals surface area contributed by atoms with Crippen molar-refractivity contribution in [3.05, 3.63) is 36.5 Å². The highest BCUT2D eigenvalue weighted by Gasteiger charge is 2.37. The summed E-state index contributed by atoms with van der Waals surface area (Å²) in [7, 11) is 1.50. The summed E-state index contributed by atoms with van der Waals surface area (Å²) in [6.45, 7) is 6.77. The van der Waals surface area contributed by atoms with Crippen LogP contribution in [0, 0.1) is 0 Å². The van der Waals surface area contributed by atoms with Gasteiger partial charge in [0.25, 0.3) is 5.91 Å². The van der Waals surface area contributed by atoms with Gasteiger partial charge in [-0.3, -0.25) is 9.69 Å². The van der Waals surface area contributed by atoms with Gasteiger partial charge in [0.05, 0.1) is 31.6 Å².